The van der Waals surface area contributed by atoms with Crippen LogP contribution < -0.4 is 10.6 Å². The Morgan fingerprint density at radius 3 is 2.63 bits per heavy atom. The van der Waals surface area contributed by atoms with E-state index in [1.807, 2.05) is 38.1 Å². The summed E-state index contributed by atoms with van der Waals surface area (Å²) in [6.07, 6.45) is 2.09. The zero-order chi connectivity index (χ0) is 14.3. The number of amides is 1. The Labute approximate surface area is 120 Å². The Morgan fingerprint density at radius 1 is 1.32 bits per heavy atom. The van der Waals surface area contributed by atoms with Gasteiger partial charge in [0.15, 0.2) is 0 Å². The molecular formula is C15H23ClN2O. The first kappa shape index (κ1) is 16.0. The lowest BCUT2D eigenvalue weighted by Gasteiger charge is -2.20. The highest BCUT2D eigenvalue weighted by Gasteiger charge is 2.16. The molecule has 0 heterocycles. The molecule has 1 aromatic carbocycles. The number of carbonyl (C=O) groups is 1. The first-order chi connectivity index (χ1) is 9.06. The van der Waals surface area contributed by atoms with Crippen LogP contribution in [-0.2, 0) is 4.79 Å². The lowest BCUT2D eigenvalue weighted by Crippen LogP contribution is -2.43. The van der Waals surface area contributed by atoms with Crippen LogP contribution in [0.5, 0.6) is 0 Å². The third-order valence-corrected chi connectivity index (χ3v) is 3.44. The second kappa shape index (κ2) is 8.18. The van der Waals surface area contributed by atoms with Crippen molar-refractivity contribution in [1.29, 1.82) is 0 Å². The van der Waals surface area contributed by atoms with Crippen molar-refractivity contribution in [2.75, 3.05) is 6.54 Å². The van der Waals surface area contributed by atoms with E-state index in [0.29, 0.717) is 0 Å². The van der Waals surface area contributed by atoms with Crippen molar-refractivity contribution in [3.8, 4) is 0 Å². The smallest absolute Gasteiger partial charge is 0.236 e. The molecule has 0 aliphatic carbocycles. The van der Waals surface area contributed by atoms with Crippen LogP contribution in [0.3, 0.4) is 0 Å². The first-order valence-corrected chi connectivity index (χ1v) is 7.22. The van der Waals surface area contributed by atoms with Gasteiger partial charge in [0.1, 0.15) is 0 Å². The van der Waals surface area contributed by atoms with E-state index in [4.69, 9.17) is 11.6 Å². The average molecular weight is 283 g/mol. The maximum atomic E-state index is 11.9. The molecule has 19 heavy (non-hydrogen) atoms. The number of halogens is 1. The minimum absolute atomic E-state index is 0.0346. The number of benzene rings is 1. The van der Waals surface area contributed by atoms with Crippen LogP contribution in [0.1, 0.15) is 45.2 Å². The van der Waals surface area contributed by atoms with Gasteiger partial charge in [0.05, 0.1) is 6.04 Å². The van der Waals surface area contributed by atoms with E-state index in [1.54, 1.807) is 0 Å². The summed E-state index contributed by atoms with van der Waals surface area (Å²) in [7, 11) is 0. The highest BCUT2D eigenvalue weighted by Crippen LogP contribution is 2.22. The van der Waals surface area contributed by atoms with Crippen LogP contribution >= 0.6 is 11.6 Å². The van der Waals surface area contributed by atoms with E-state index in [9.17, 15) is 4.79 Å². The van der Waals surface area contributed by atoms with Crippen molar-refractivity contribution >= 4 is 17.5 Å². The number of carbonyl (C=O) groups excluding carboxylic acids is 1. The summed E-state index contributed by atoms with van der Waals surface area (Å²) in [5, 5.41) is 6.91. The molecular weight excluding hydrogens is 260 g/mol. The lowest BCUT2D eigenvalue weighted by atomic mass is 10.1. The third kappa shape index (κ3) is 5.21. The molecule has 2 unspecified atom stereocenters. The molecule has 2 N–H and O–H groups in total. The largest absolute Gasteiger partial charge is 0.355 e. The van der Waals surface area contributed by atoms with Gasteiger partial charge in [-0.2, -0.15) is 0 Å². The molecule has 106 valence electrons. The molecule has 0 saturated carbocycles. The van der Waals surface area contributed by atoms with Crippen LogP contribution in [-0.4, -0.2) is 18.5 Å². The van der Waals surface area contributed by atoms with Gasteiger partial charge in [0, 0.05) is 17.6 Å². The van der Waals surface area contributed by atoms with Gasteiger partial charge < -0.3 is 5.32 Å². The fourth-order valence-electron chi connectivity index (χ4n) is 1.91. The Hall–Kier alpha value is -1.06. The summed E-state index contributed by atoms with van der Waals surface area (Å²) in [6, 6.07) is 7.50. The molecule has 4 heteroatoms. The van der Waals surface area contributed by atoms with Crippen LogP contribution in [0.15, 0.2) is 24.3 Å². The molecule has 3 nitrogen and oxygen atoms in total. The van der Waals surface area contributed by atoms with E-state index < -0.39 is 0 Å². The molecule has 0 aliphatic rings. The topological polar surface area (TPSA) is 41.1 Å². The number of nitrogens with one attached hydrogen (secondary N) is 2. The third-order valence-electron chi connectivity index (χ3n) is 3.09. The quantitative estimate of drug-likeness (QED) is 0.754. The second-order valence-electron chi connectivity index (χ2n) is 4.78. The van der Waals surface area contributed by atoms with Crippen LogP contribution in [0.4, 0.5) is 0 Å². The van der Waals surface area contributed by atoms with Gasteiger partial charge in [-0.15, -0.1) is 0 Å². The Bertz CT molecular complexity index is 409. The molecule has 1 rings (SSSR count). The molecule has 0 aliphatic heterocycles. The maximum absolute atomic E-state index is 11.9. The molecule has 1 amide bonds. The fourth-order valence-corrected chi connectivity index (χ4v) is 2.21. The van der Waals surface area contributed by atoms with E-state index in [1.165, 1.54) is 0 Å². The Balaban J connectivity index is 2.50. The van der Waals surface area contributed by atoms with Crippen molar-refractivity contribution in [2.45, 2.75) is 45.7 Å². The SMILES string of the molecule is CCCCNC(=O)C(C)NC(C)c1ccccc1Cl. The predicted octanol–water partition coefficient (Wildman–Crippen LogP) is 3.30. The van der Waals surface area contributed by atoms with Gasteiger partial charge in [0.2, 0.25) is 5.91 Å². The summed E-state index contributed by atoms with van der Waals surface area (Å²) in [6.45, 7) is 6.72. The Morgan fingerprint density at radius 2 is 2.00 bits per heavy atom. The summed E-state index contributed by atoms with van der Waals surface area (Å²) < 4.78 is 0. The van der Waals surface area contributed by atoms with Crippen LogP contribution in [0.2, 0.25) is 5.02 Å². The second-order valence-corrected chi connectivity index (χ2v) is 5.18. The van der Waals surface area contributed by atoms with E-state index >= 15 is 0 Å². The molecule has 1 aromatic rings. The lowest BCUT2D eigenvalue weighted by molar-refractivity contribution is -0.122. The van der Waals surface area contributed by atoms with Crippen LogP contribution in [0, 0.1) is 0 Å². The highest BCUT2D eigenvalue weighted by atomic mass is 35.5. The van der Waals surface area contributed by atoms with Gasteiger partial charge in [-0.25, -0.2) is 0 Å². The zero-order valence-electron chi connectivity index (χ0n) is 11.9. The Kier molecular flexibility index (Phi) is 6.89. The predicted molar refractivity (Wildman–Crippen MR) is 80.4 cm³/mol. The average Bonchev–Trinajstić information content (AvgIpc) is 2.39. The molecule has 0 saturated heterocycles. The molecule has 0 bridgehead atoms. The van der Waals surface area contributed by atoms with Crippen molar-refractivity contribution in [2.24, 2.45) is 0 Å². The summed E-state index contributed by atoms with van der Waals surface area (Å²) in [5.74, 6) is 0.0346. The summed E-state index contributed by atoms with van der Waals surface area (Å²) >= 11 is 6.14. The van der Waals surface area contributed by atoms with E-state index in [-0.39, 0.29) is 18.0 Å². The first-order valence-electron chi connectivity index (χ1n) is 6.84. The summed E-state index contributed by atoms with van der Waals surface area (Å²) in [4.78, 5) is 11.9. The number of hydrogen-bond acceptors (Lipinski definition) is 2. The van der Waals surface area contributed by atoms with Crippen molar-refractivity contribution in [1.82, 2.24) is 10.6 Å². The summed E-state index contributed by atoms with van der Waals surface area (Å²) in [5.41, 5.74) is 1.01. The van der Waals surface area contributed by atoms with Crippen LogP contribution in [0.25, 0.3) is 0 Å². The monoisotopic (exact) mass is 282 g/mol. The normalized spacial score (nSPS) is 13.9. The number of rotatable bonds is 7. The standard InChI is InChI=1S/C15H23ClN2O/c1-4-5-10-17-15(19)12(3)18-11(2)13-8-6-7-9-14(13)16/h6-9,11-12,18H,4-5,10H2,1-3H3,(H,17,19). The minimum atomic E-state index is -0.233. The van der Waals surface area contributed by atoms with Gasteiger partial charge in [-0.05, 0) is 31.9 Å². The van der Waals surface area contributed by atoms with E-state index in [0.717, 1.165) is 30.0 Å². The maximum Gasteiger partial charge on any atom is 0.236 e. The number of unbranched alkanes of at least 4 members (excludes halogenated alkanes) is 1. The molecule has 0 aromatic heterocycles. The molecule has 0 fully saturated rings. The zero-order valence-corrected chi connectivity index (χ0v) is 12.6. The minimum Gasteiger partial charge on any atom is -0.355 e. The van der Waals surface area contributed by atoms with Crippen molar-refractivity contribution < 1.29 is 4.79 Å². The highest BCUT2D eigenvalue weighted by molar-refractivity contribution is 6.31. The van der Waals surface area contributed by atoms with Crippen molar-refractivity contribution in [3.05, 3.63) is 34.9 Å². The van der Waals surface area contributed by atoms with Gasteiger partial charge in [-0.1, -0.05) is 43.1 Å². The van der Waals surface area contributed by atoms with Crippen molar-refractivity contribution in [3.63, 3.8) is 0 Å². The fraction of sp³-hybridized carbons (Fsp3) is 0.533. The van der Waals surface area contributed by atoms with Gasteiger partial charge in [0.25, 0.3) is 0 Å². The van der Waals surface area contributed by atoms with Gasteiger partial charge in [-0.3, -0.25) is 10.1 Å². The molecule has 0 spiro atoms. The molecule has 2 atom stereocenters. The van der Waals surface area contributed by atoms with E-state index in [2.05, 4.69) is 17.6 Å². The van der Waals surface area contributed by atoms with Gasteiger partial charge >= 0.3 is 0 Å². The molecule has 0 radical (unpaired) electrons. The number of hydrogen-bond donors (Lipinski definition) is 2.